The van der Waals surface area contributed by atoms with Crippen molar-refractivity contribution in [3.8, 4) is 0 Å². The minimum atomic E-state index is -0.563. The zero-order chi connectivity index (χ0) is 26.7. The normalized spacial score (nSPS) is 14.6. The largest absolute Gasteiger partial charge is 0.352 e. The second-order valence-corrected chi connectivity index (χ2v) is 11.5. The maximum atomic E-state index is 13.8. The number of thioether (sulfide) groups is 1. The highest BCUT2D eigenvalue weighted by molar-refractivity contribution is 7.99. The standard InChI is InChI=1S/C33H40N2O2S/c1-25-17-19-28(20-18-25)22-35(32(36)24-38-23-29-14-10-9-11-26(29)2)31(21-27-12-5-3-6-13-27)33(37)34-30-15-7-4-8-16-30/h3,5-6,9-14,17-20,30-31H,4,7-8,15-16,21-24H2,1-2H3,(H,34,37)/t31-/m1/s1. The number of carbonyl (C=O) groups excluding carboxylic acids is 2. The fraction of sp³-hybridized carbons (Fsp3) is 0.394. The van der Waals surface area contributed by atoms with E-state index in [0.29, 0.717) is 18.7 Å². The van der Waals surface area contributed by atoms with E-state index in [1.165, 1.54) is 23.1 Å². The fourth-order valence-corrected chi connectivity index (χ4v) is 6.08. The van der Waals surface area contributed by atoms with Crippen LogP contribution in [0, 0.1) is 13.8 Å². The quantitative estimate of drug-likeness (QED) is 0.304. The van der Waals surface area contributed by atoms with Gasteiger partial charge in [-0.3, -0.25) is 9.59 Å². The van der Waals surface area contributed by atoms with E-state index in [-0.39, 0.29) is 17.9 Å². The third kappa shape index (κ3) is 8.22. The van der Waals surface area contributed by atoms with Crippen molar-refractivity contribution in [3.05, 3.63) is 107 Å². The summed E-state index contributed by atoms with van der Waals surface area (Å²) < 4.78 is 0. The van der Waals surface area contributed by atoms with Crippen LogP contribution >= 0.6 is 11.8 Å². The molecule has 0 radical (unpaired) electrons. The molecule has 1 atom stereocenters. The lowest BCUT2D eigenvalue weighted by atomic mass is 9.94. The first-order valence-corrected chi connectivity index (χ1v) is 15.0. The summed E-state index contributed by atoms with van der Waals surface area (Å²) in [6, 6.07) is 26.3. The van der Waals surface area contributed by atoms with Crippen LogP contribution < -0.4 is 5.32 Å². The molecule has 4 nitrogen and oxygen atoms in total. The smallest absolute Gasteiger partial charge is 0.243 e. The van der Waals surface area contributed by atoms with Gasteiger partial charge >= 0.3 is 0 Å². The van der Waals surface area contributed by atoms with Gasteiger partial charge in [-0.15, -0.1) is 11.8 Å². The van der Waals surface area contributed by atoms with Crippen LogP contribution in [0.1, 0.15) is 59.9 Å². The lowest BCUT2D eigenvalue weighted by Gasteiger charge is -2.33. The molecule has 1 N–H and O–H groups in total. The Kier molecular flexibility index (Phi) is 10.5. The zero-order valence-corrected chi connectivity index (χ0v) is 23.5. The number of hydrogen-bond donors (Lipinski definition) is 1. The Morgan fingerprint density at radius 1 is 0.868 bits per heavy atom. The third-order valence-corrected chi connectivity index (χ3v) is 8.41. The Morgan fingerprint density at radius 3 is 2.26 bits per heavy atom. The van der Waals surface area contributed by atoms with Crippen molar-refractivity contribution in [3.63, 3.8) is 0 Å². The van der Waals surface area contributed by atoms with Gasteiger partial charge in [0.05, 0.1) is 5.75 Å². The number of rotatable bonds is 11. The molecule has 4 rings (SSSR count). The molecule has 0 aromatic heterocycles. The van der Waals surface area contributed by atoms with Crippen molar-refractivity contribution in [1.82, 2.24) is 10.2 Å². The summed E-state index contributed by atoms with van der Waals surface area (Å²) in [6.45, 7) is 4.58. The van der Waals surface area contributed by atoms with E-state index in [1.54, 1.807) is 11.8 Å². The Hall–Kier alpha value is -3.05. The van der Waals surface area contributed by atoms with Gasteiger partial charge in [0, 0.05) is 24.8 Å². The Balaban J connectivity index is 1.56. The molecule has 2 amide bonds. The van der Waals surface area contributed by atoms with Gasteiger partial charge in [-0.1, -0.05) is 104 Å². The highest BCUT2D eigenvalue weighted by atomic mass is 32.2. The molecule has 1 aliphatic rings. The van der Waals surface area contributed by atoms with Crippen LogP contribution in [0.4, 0.5) is 0 Å². The molecule has 200 valence electrons. The maximum Gasteiger partial charge on any atom is 0.243 e. The molecule has 3 aromatic carbocycles. The van der Waals surface area contributed by atoms with Crippen LogP contribution in [0.25, 0.3) is 0 Å². The first kappa shape index (κ1) is 28.0. The van der Waals surface area contributed by atoms with E-state index in [1.807, 2.05) is 47.4 Å². The molecule has 0 bridgehead atoms. The van der Waals surface area contributed by atoms with Crippen molar-refractivity contribution in [2.24, 2.45) is 0 Å². The topological polar surface area (TPSA) is 49.4 Å². The van der Waals surface area contributed by atoms with Gasteiger partial charge in [0.2, 0.25) is 11.8 Å². The predicted octanol–water partition coefficient (Wildman–Crippen LogP) is 6.63. The predicted molar refractivity (Wildman–Crippen MR) is 158 cm³/mol. The van der Waals surface area contributed by atoms with Gasteiger partial charge in [0.1, 0.15) is 6.04 Å². The lowest BCUT2D eigenvalue weighted by Crippen LogP contribution is -2.53. The van der Waals surface area contributed by atoms with Crippen LogP contribution in [0.15, 0.2) is 78.9 Å². The van der Waals surface area contributed by atoms with Gasteiger partial charge in [0.15, 0.2) is 0 Å². The minimum Gasteiger partial charge on any atom is -0.352 e. The van der Waals surface area contributed by atoms with Crippen molar-refractivity contribution in [2.75, 3.05) is 5.75 Å². The van der Waals surface area contributed by atoms with Gasteiger partial charge in [0.25, 0.3) is 0 Å². The van der Waals surface area contributed by atoms with Crippen LogP contribution in [0.5, 0.6) is 0 Å². The molecule has 1 fully saturated rings. The molecule has 1 saturated carbocycles. The van der Waals surface area contributed by atoms with E-state index in [9.17, 15) is 9.59 Å². The van der Waals surface area contributed by atoms with Gasteiger partial charge < -0.3 is 10.2 Å². The first-order valence-electron chi connectivity index (χ1n) is 13.8. The molecule has 0 saturated heterocycles. The number of benzene rings is 3. The summed E-state index contributed by atoms with van der Waals surface area (Å²) in [5.41, 5.74) is 5.75. The molecule has 1 aliphatic carbocycles. The molecule has 3 aromatic rings. The number of amides is 2. The molecule has 0 unspecified atom stereocenters. The van der Waals surface area contributed by atoms with Gasteiger partial charge in [-0.05, 0) is 48.9 Å². The minimum absolute atomic E-state index is 0.00360. The highest BCUT2D eigenvalue weighted by Gasteiger charge is 2.31. The molecule has 0 aliphatic heterocycles. The molecular formula is C33H40N2O2S. The summed E-state index contributed by atoms with van der Waals surface area (Å²) in [5, 5.41) is 3.32. The van der Waals surface area contributed by atoms with Crippen molar-refractivity contribution < 1.29 is 9.59 Å². The molecule has 0 heterocycles. The SMILES string of the molecule is Cc1ccc(CN(C(=O)CSCc2ccccc2C)[C@H](Cc2ccccc2)C(=O)NC2CCCCC2)cc1. The number of nitrogens with zero attached hydrogens (tertiary/aromatic N) is 1. The Morgan fingerprint density at radius 2 is 1.55 bits per heavy atom. The highest BCUT2D eigenvalue weighted by Crippen LogP contribution is 2.22. The van der Waals surface area contributed by atoms with Crippen molar-refractivity contribution in [2.45, 2.75) is 76.8 Å². The molecular weight excluding hydrogens is 488 g/mol. The Labute approximate surface area is 232 Å². The summed E-state index contributed by atoms with van der Waals surface area (Å²) in [4.78, 5) is 29.5. The van der Waals surface area contributed by atoms with E-state index < -0.39 is 6.04 Å². The number of carbonyl (C=O) groups is 2. The van der Waals surface area contributed by atoms with Crippen LogP contribution in [0.3, 0.4) is 0 Å². The van der Waals surface area contributed by atoms with E-state index in [4.69, 9.17) is 0 Å². The monoisotopic (exact) mass is 528 g/mol. The second kappa shape index (κ2) is 14.2. The maximum absolute atomic E-state index is 13.8. The van der Waals surface area contributed by atoms with E-state index in [0.717, 1.165) is 42.6 Å². The van der Waals surface area contributed by atoms with Gasteiger partial charge in [-0.2, -0.15) is 0 Å². The number of aryl methyl sites for hydroxylation is 2. The van der Waals surface area contributed by atoms with Crippen molar-refractivity contribution in [1.29, 1.82) is 0 Å². The van der Waals surface area contributed by atoms with Crippen LogP contribution in [-0.2, 0) is 28.3 Å². The average Bonchev–Trinajstić information content (AvgIpc) is 2.94. The van der Waals surface area contributed by atoms with Gasteiger partial charge in [-0.25, -0.2) is 0 Å². The first-order chi connectivity index (χ1) is 18.5. The van der Waals surface area contributed by atoms with Crippen molar-refractivity contribution >= 4 is 23.6 Å². The summed E-state index contributed by atoms with van der Waals surface area (Å²) in [7, 11) is 0. The van der Waals surface area contributed by atoms with E-state index in [2.05, 4.69) is 55.6 Å². The summed E-state index contributed by atoms with van der Waals surface area (Å²) in [5.74, 6) is 1.07. The average molecular weight is 529 g/mol. The third-order valence-electron chi connectivity index (χ3n) is 7.44. The molecule has 5 heteroatoms. The number of hydrogen-bond acceptors (Lipinski definition) is 3. The van der Waals surface area contributed by atoms with Crippen LogP contribution in [0.2, 0.25) is 0 Å². The zero-order valence-electron chi connectivity index (χ0n) is 22.7. The summed E-state index contributed by atoms with van der Waals surface area (Å²) in [6.07, 6.45) is 6.06. The molecule has 0 spiro atoms. The Bertz CT molecular complexity index is 1170. The summed E-state index contributed by atoms with van der Waals surface area (Å²) >= 11 is 1.62. The second-order valence-electron chi connectivity index (χ2n) is 10.5. The molecule has 38 heavy (non-hydrogen) atoms. The lowest BCUT2D eigenvalue weighted by molar-refractivity contribution is -0.139. The van der Waals surface area contributed by atoms with Crippen LogP contribution in [-0.4, -0.2) is 34.6 Å². The van der Waals surface area contributed by atoms with E-state index >= 15 is 0 Å². The fourth-order valence-electron chi connectivity index (χ4n) is 5.09. The number of nitrogens with one attached hydrogen (secondary N) is 1.